The van der Waals surface area contributed by atoms with Crippen LogP contribution in [0.15, 0.2) is 17.3 Å². The van der Waals surface area contributed by atoms with Crippen LogP contribution in [0.4, 0.5) is 11.4 Å². The number of likely N-dealkylation sites (N-methyl/N-ethyl adjacent to an activating group) is 1. The van der Waals surface area contributed by atoms with Crippen molar-refractivity contribution in [2.24, 2.45) is 4.99 Å². The van der Waals surface area contributed by atoms with Crippen LogP contribution in [0.2, 0.25) is 0 Å². The standard InChI is InChI=1S/C21H27N5OS/c1-24-9-11-25(12-10-24)16-7-8-22-21-18(16)19-20(28-21)17(27)13-26(14-23-19)15-5-3-2-4-6-15/h7-8,14-15H,2-6,9-13H2,1H3. The minimum absolute atomic E-state index is 0.186. The van der Waals surface area contributed by atoms with E-state index in [4.69, 9.17) is 4.99 Å². The van der Waals surface area contributed by atoms with Gasteiger partial charge in [-0.05, 0) is 26.0 Å². The molecule has 2 fully saturated rings. The van der Waals surface area contributed by atoms with E-state index in [1.807, 2.05) is 12.5 Å². The predicted octanol–water partition coefficient (Wildman–Crippen LogP) is 3.54. The fraction of sp³-hybridized carbons (Fsp3) is 0.571. The molecule has 0 unspecified atom stereocenters. The molecule has 1 aliphatic carbocycles. The van der Waals surface area contributed by atoms with Crippen molar-refractivity contribution in [2.45, 2.75) is 38.1 Å². The molecule has 2 aliphatic heterocycles. The number of thiophene rings is 1. The Morgan fingerprint density at radius 3 is 2.68 bits per heavy atom. The molecule has 0 bridgehead atoms. The van der Waals surface area contributed by atoms with Gasteiger partial charge in [-0.25, -0.2) is 9.98 Å². The Labute approximate surface area is 169 Å². The van der Waals surface area contributed by atoms with Crippen molar-refractivity contribution in [1.29, 1.82) is 0 Å². The number of piperazine rings is 1. The lowest BCUT2D eigenvalue weighted by molar-refractivity contribution is 0.0947. The molecular weight excluding hydrogens is 370 g/mol. The Morgan fingerprint density at radius 1 is 1.11 bits per heavy atom. The molecule has 2 aromatic rings. The number of fused-ring (bicyclic) bond motifs is 3. The maximum absolute atomic E-state index is 13.1. The number of hydrogen-bond acceptors (Lipinski definition) is 7. The van der Waals surface area contributed by atoms with Crippen LogP contribution in [0.25, 0.3) is 10.2 Å². The fourth-order valence-electron chi connectivity index (χ4n) is 4.66. The summed E-state index contributed by atoms with van der Waals surface area (Å²) >= 11 is 1.51. The lowest BCUT2D eigenvalue weighted by atomic mass is 9.94. The smallest absolute Gasteiger partial charge is 0.194 e. The van der Waals surface area contributed by atoms with Crippen LogP contribution in [0.1, 0.15) is 41.8 Å². The largest absolute Gasteiger partial charge is 0.368 e. The molecule has 28 heavy (non-hydrogen) atoms. The predicted molar refractivity (Wildman–Crippen MR) is 115 cm³/mol. The molecule has 0 atom stereocenters. The lowest BCUT2D eigenvalue weighted by Gasteiger charge is -2.34. The number of carbonyl (C=O) groups excluding carboxylic acids is 1. The third kappa shape index (κ3) is 3.20. The zero-order valence-electron chi connectivity index (χ0n) is 16.4. The summed E-state index contributed by atoms with van der Waals surface area (Å²) in [5.41, 5.74) is 2.01. The van der Waals surface area contributed by atoms with Gasteiger partial charge >= 0.3 is 0 Å². The maximum Gasteiger partial charge on any atom is 0.194 e. The molecule has 1 saturated heterocycles. The van der Waals surface area contributed by atoms with Gasteiger partial charge in [0.2, 0.25) is 0 Å². The van der Waals surface area contributed by atoms with E-state index in [-0.39, 0.29) is 5.78 Å². The molecule has 3 aliphatic rings. The van der Waals surface area contributed by atoms with E-state index in [9.17, 15) is 4.79 Å². The fourth-order valence-corrected chi connectivity index (χ4v) is 5.70. The number of pyridine rings is 1. The van der Waals surface area contributed by atoms with Gasteiger partial charge in [0.05, 0.1) is 29.6 Å². The van der Waals surface area contributed by atoms with Gasteiger partial charge in [0.25, 0.3) is 0 Å². The summed E-state index contributed by atoms with van der Waals surface area (Å²) in [4.78, 5) is 31.2. The van der Waals surface area contributed by atoms with E-state index >= 15 is 0 Å². The minimum atomic E-state index is 0.186. The van der Waals surface area contributed by atoms with E-state index in [1.54, 1.807) is 0 Å². The summed E-state index contributed by atoms with van der Waals surface area (Å²) in [6, 6.07) is 2.54. The Kier molecular flexibility index (Phi) is 4.80. The molecular formula is C21H27N5OS. The Morgan fingerprint density at radius 2 is 1.89 bits per heavy atom. The van der Waals surface area contributed by atoms with Crippen molar-refractivity contribution >= 4 is 45.0 Å². The second kappa shape index (κ2) is 7.44. The summed E-state index contributed by atoms with van der Waals surface area (Å²) in [7, 11) is 2.17. The number of aromatic nitrogens is 1. The van der Waals surface area contributed by atoms with Crippen molar-refractivity contribution < 1.29 is 4.79 Å². The normalized spacial score (nSPS) is 22.0. The Balaban J connectivity index is 1.54. The summed E-state index contributed by atoms with van der Waals surface area (Å²) in [5, 5.41) is 1.06. The maximum atomic E-state index is 13.1. The molecule has 0 radical (unpaired) electrons. The average molecular weight is 398 g/mol. The van der Waals surface area contributed by atoms with E-state index in [0.717, 1.165) is 47.0 Å². The number of ketones is 1. The summed E-state index contributed by atoms with van der Waals surface area (Å²) in [6.45, 7) is 4.53. The Bertz CT molecular complexity index is 909. The van der Waals surface area contributed by atoms with E-state index in [1.165, 1.54) is 49.1 Å². The highest BCUT2D eigenvalue weighted by Crippen LogP contribution is 2.43. The molecule has 7 heteroatoms. The van der Waals surface area contributed by atoms with Crippen LogP contribution in [0.5, 0.6) is 0 Å². The van der Waals surface area contributed by atoms with Crippen molar-refractivity contribution in [3.8, 4) is 0 Å². The first-order valence-electron chi connectivity index (χ1n) is 10.4. The third-order valence-electron chi connectivity index (χ3n) is 6.35. The quantitative estimate of drug-likeness (QED) is 0.776. The van der Waals surface area contributed by atoms with Gasteiger partial charge in [0.15, 0.2) is 5.78 Å². The molecule has 1 saturated carbocycles. The van der Waals surface area contributed by atoms with Gasteiger partial charge in [-0.3, -0.25) is 4.79 Å². The van der Waals surface area contributed by atoms with Crippen molar-refractivity contribution in [2.75, 3.05) is 44.7 Å². The second-order valence-corrected chi connectivity index (χ2v) is 9.21. The summed E-state index contributed by atoms with van der Waals surface area (Å²) < 4.78 is 0. The molecule has 148 valence electrons. The highest BCUT2D eigenvalue weighted by atomic mass is 32.1. The van der Waals surface area contributed by atoms with Crippen LogP contribution < -0.4 is 4.90 Å². The van der Waals surface area contributed by atoms with Gasteiger partial charge in [0, 0.05) is 38.4 Å². The van der Waals surface area contributed by atoms with Gasteiger partial charge < -0.3 is 14.7 Å². The zero-order valence-corrected chi connectivity index (χ0v) is 17.2. The van der Waals surface area contributed by atoms with Crippen molar-refractivity contribution in [3.05, 3.63) is 17.1 Å². The molecule has 0 aromatic carbocycles. The first-order valence-corrected chi connectivity index (χ1v) is 11.2. The molecule has 2 aromatic heterocycles. The highest BCUT2D eigenvalue weighted by molar-refractivity contribution is 7.21. The van der Waals surface area contributed by atoms with Crippen LogP contribution in [0.3, 0.4) is 0 Å². The van der Waals surface area contributed by atoms with E-state index in [0.29, 0.717) is 12.6 Å². The van der Waals surface area contributed by atoms with Crippen LogP contribution in [0, 0.1) is 0 Å². The first kappa shape index (κ1) is 18.1. The van der Waals surface area contributed by atoms with Crippen LogP contribution >= 0.6 is 11.3 Å². The minimum Gasteiger partial charge on any atom is -0.368 e. The molecule has 6 nitrogen and oxygen atoms in total. The van der Waals surface area contributed by atoms with Gasteiger partial charge in [0.1, 0.15) is 9.71 Å². The molecule has 5 rings (SSSR count). The number of anilines is 1. The number of nitrogens with zero attached hydrogens (tertiary/aromatic N) is 5. The third-order valence-corrected chi connectivity index (χ3v) is 7.48. The van der Waals surface area contributed by atoms with Gasteiger partial charge in [-0.15, -0.1) is 11.3 Å². The molecule has 0 spiro atoms. The monoisotopic (exact) mass is 397 g/mol. The first-order chi connectivity index (χ1) is 13.7. The van der Waals surface area contributed by atoms with Crippen LogP contribution in [-0.4, -0.2) is 72.7 Å². The molecule has 0 N–H and O–H groups in total. The van der Waals surface area contributed by atoms with E-state index in [2.05, 4.69) is 32.8 Å². The second-order valence-electron chi connectivity index (χ2n) is 8.21. The summed E-state index contributed by atoms with van der Waals surface area (Å²) in [5.74, 6) is 0.186. The SMILES string of the molecule is CN1CCN(c2ccnc3sc4c(c23)N=CN(C2CCCCC2)CC4=O)CC1. The lowest BCUT2D eigenvalue weighted by Crippen LogP contribution is -2.44. The topological polar surface area (TPSA) is 52.0 Å². The van der Waals surface area contributed by atoms with Crippen LogP contribution in [-0.2, 0) is 0 Å². The van der Waals surface area contributed by atoms with Crippen molar-refractivity contribution in [3.63, 3.8) is 0 Å². The number of rotatable bonds is 2. The average Bonchev–Trinajstić information content (AvgIpc) is 3.03. The highest BCUT2D eigenvalue weighted by Gasteiger charge is 2.29. The van der Waals surface area contributed by atoms with Crippen molar-refractivity contribution in [1.82, 2.24) is 14.8 Å². The van der Waals surface area contributed by atoms with Gasteiger partial charge in [-0.2, -0.15) is 0 Å². The number of aliphatic imine (C=N–C) groups is 1. The number of hydrogen-bond donors (Lipinski definition) is 0. The molecule has 0 amide bonds. The molecule has 4 heterocycles. The zero-order chi connectivity index (χ0) is 19.1. The Hall–Kier alpha value is -1.99. The van der Waals surface area contributed by atoms with E-state index < -0.39 is 0 Å². The number of Topliss-reactive ketones (excluding diaryl/α,β-unsaturated/α-hetero) is 1. The number of carbonyl (C=O) groups is 1. The van der Waals surface area contributed by atoms with Gasteiger partial charge in [-0.1, -0.05) is 19.3 Å². The summed E-state index contributed by atoms with van der Waals surface area (Å²) in [6.07, 6.45) is 9.97.